The Morgan fingerprint density at radius 2 is 1.52 bits per heavy atom. The lowest BCUT2D eigenvalue weighted by Crippen LogP contribution is -2.34. The molecular formula is C22H21N5O4. The zero-order chi connectivity index (χ0) is 22.2. The Morgan fingerprint density at radius 1 is 0.935 bits per heavy atom. The normalized spacial score (nSPS) is 10.3. The molecule has 0 atom stereocenters. The van der Waals surface area contributed by atoms with E-state index in [0.717, 1.165) is 16.7 Å². The number of benzene rings is 2. The van der Waals surface area contributed by atoms with Crippen molar-refractivity contribution in [3.05, 3.63) is 99.4 Å². The monoisotopic (exact) mass is 419 g/mol. The zero-order valence-electron chi connectivity index (χ0n) is 16.6. The highest BCUT2D eigenvalue weighted by Crippen LogP contribution is 2.14. The number of hydrogen-bond acceptors (Lipinski definition) is 6. The van der Waals surface area contributed by atoms with Gasteiger partial charge in [0.05, 0.1) is 16.8 Å². The Bertz CT molecular complexity index is 1080. The number of nitro benzene ring substituents is 1. The van der Waals surface area contributed by atoms with Gasteiger partial charge in [0.15, 0.2) is 5.78 Å². The summed E-state index contributed by atoms with van der Waals surface area (Å²) >= 11 is 0. The molecule has 0 radical (unpaired) electrons. The smallest absolute Gasteiger partial charge is 0.315 e. The number of hydrogen-bond donors (Lipinski definition) is 3. The third kappa shape index (κ3) is 6.10. The van der Waals surface area contributed by atoms with Gasteiger partial charge in [0.25, 0.3) is 5.69 Å². The van der Waals surface area contributed by atoms with E-state index in [1.165, 1.54) is 18.3 Å². The number of nitrogens with one attached hydrogen (secondary N) is 2. The number of rotatable bonds is 8. The highest BCUT2D eigenvalue weighted by molar-refractivity contribution is 5.98. The molecule has 2 aromatic carbocycles. The van der Waals surface area contributed by atoms with E-state index in [0.29, 0.717) is 11.3 Å². The molecule has 0 aliphatic rings. The van der Waals surface area contributed by atoms with Gasteiger partial charge in [-0.2, -0.15) is 0 Å². The summed E-state index contributed by atoms with van der Waals surface area (Å²) < 4.78 is 0. The lowest BCUT2D eigenvalue weighted by Gasteiger charge is -2.09. The number of pyridine rings is 1. The lowest BCUT2D eigenvalue weighted by molar-refractivity contribution is -0.384. The van der Waals surface area contributed by atoms with Crippen LogP contribution >= 0.6 is 0 Å². The summed E-state index contributed by atoms with van der Waals surface area (Å²) in [5.74, 6) is -0.0572. The molecule has 0 aliphatic heterocycles. The average molecular weight is 419 g/mol. The topological polar surface area (TPSA) is 140 Å². The molecule has 0 fully saturated rings. The Balaban J connectivity index is 1.46. The van der Waals surface area contributed by atoms with Crippen LogP contribution < -0.4 is 16.4 Å². The van der Waals surface area contributed by atoms with Crippen LogP contribution in [-0.4, -0.2) is 21.7 Å². The van der Waals surface area contributed by atoms with Gasteiger partial charge >= 0.3 is 6.03 Å². The van der Waals surface area contributed by atoms with Crippen LogP contribution in [0.4, 0.5) is 16.2 Å². The zero-order valence-corrected chi connectivity index (χ0v) is 16.6. The van der Waals surface area contributed by atoms with Crippen LogP contribution in [0.25, 0.3) is 0 Å². The summed E-state index contributed by atoms with van der Waals surface area (Å²) in [6.45, 7) is 0.535. The molecule has 3 aromatic rings. The van der Waals surface area contributed by atoms with Crippen LogP contribution in [-0.2, 0) is 19.5 Å². The van der Waals surface area contributed by atoms with Crippen molar-refractivity contribution in [2.45, 2.75) is 19.5 Å². The number of nitrogens with two attached hydrogens (primary N) is 1. The number of non-ortho nitro benzene ring substituents is 1. The third-order valence-electron chi connectivity index (χ3n) is 4.63. The van der Waals surface area contributed by atoms with Gasteiger partial charge in [0, 0.05) is 43.4 Å². The molecule has 0 saturated heterocycles. The third-order valence-corrected chi connectivity index (χ3v) is 4.63. The summed E-state index contributed by atoms with van der Waals surface area (Å²) in [5.41, 5.74) is 9.19. The van der Waals surface area contributed by atoms with Crippen LogP contribution in [0.5, 0.6) is 0 Å². The number of nitrogen functional groups attached to an aromatic ring is 1. The summed E-state index contributed by atoms with van der Waals surface area (Å²) in [5, 5.41) is 16.1. The Labute approximate surface area is 178 Å². The van der Waals surface area contributed by atoms with Crippen LogP contribution in [0.2, 0.25) is 0 Å². The van der Waals surface area contributed by atoms with E-state index in [9.17, 15) is 19.7 Å². The minimum absolute atomic E-state index is 0.000579. The quantitative estimate of drug-likeness (QED) is 0.291. The fraction of sp³-hybridized carbons (Fsp3) is 0.136. The standard InChI is InChI=1S/C22H21N5O4/c23-20-14-24-10-9-18(20)11-21(28)17-5-1-15(2-6-17)12-25-22(29)26-13-16-3-7-19(8-4-16)27(30)31/h1-10,14H,11-13,23H2,(H2,25,26,29). The number of carbonyl (C=O) groups is 2. The van der Waals surface area contributed by atoms with E-state index in [-0.39, 0.29) is 37.0 Å². The van der Waals surface area contributed by atoms with Crippen molar-refractivity contribution < 1.29 is 14.5 Å². The molecule has 9 nitrogen and oxygen atoms in total. The maximum atomic E-state index is 12.4. The Morgan fingerprint density at radius 3 is 2.06 bits per heavy atom. The molecule has 1 heterocycles. The highest BCUT2D eigenvalue weighted by atomic mass is 16.6. The first-order chi connectivity index (χ1) is 14.9. The SMILES string of the molecule is Nc1cnccc1CC(=O)c1ccc(CNC(=O)NCc2ccc([N+](=O)[O-])cc2)cc1. The molecule has 1 aromatic heterocycles. The van der Waals surface area contributed by atoms with Crippen LogP contribution in [0.1, 0.15) is 27.0 Å². The average Bonchev–Trinajstić information content (AvgIpc) is 2.78. The molecule has 0 unspecified atom stereocenters. The van der Waals surface area contributed by atoms with Crippen LogP contribution in [0, 0.1) is 10.1 Å². The maximum absolute atomic E-state index is 12.4. The molecule has 0 bridgehead atoms. The number of nitrogens with zero attached hydrogens (tertiary/aromatic N) is 2. The predicted molar refractivity (Wildman–Crippen MR) is 115 cm³/mol. The molecule has 0 saturated carbocycles. The van der Waals surface area contributed by atoms with Gasteiger partial charge in [-0.25, -0.2) is 4.79 Å². The Kier molecular flexibility index (Phi) is 6.89. The van der Waals surface area contributed by atoms with Crippen molar-refractivity contribution in [3.63, 3.8) is 0 Å². The van der Waals surface area contributed by atoms with Crippen molar-refractivity contribution in [1.82, 2.24) is 15.6 Å². The van der Waals surface area contributed by atoms with E-state index in [1.807, 2.05) is 0 Å². The van der Waals surface area contributed by atoms with Crippen LogP contribution in [0.3, 0.4) is 0 Å². The van der Waals surface area contributed by atoms with Crippen molar-refractivity contribution >= 4 is 23.2 Å². The molecule has 158 valence electrons. The first-order valence-corrected chi connectivity index (χ1v) is 9.48. The molecule has 2 amide bonds. The molecule has 0 spiro atoms. The van der Waals surface area contributed by atoms with Crippen molar-refractivity contribution in [2.24, 2.45) is 0 Å². The number of Topliss-reactive ketones (excluding diaryl/α,β-unsaturated/α-hetero) is 1. The van der Waals surface area contributed by atoms with E-state index in [4.69, 9.17) is 5.73 Å². The van der Waals surface area contributed by atoms with E-state index in [2.05, 4.69) is 15.6 Å². The Hall–Kier alpha value is -4.27. The number of anilines is 1. The maximum Gasteiger partial charge on any atom is 0.315 e. The van der Waals surface area contributed by atoms with Gasteiger partial charge < -0.3 is 16.4 Å². The predicted octanol–water partition coefficient (Wildman–Crippen LogP) is 3.00. The summed E-state index contributed by atoms with van der Waals surface area (Å²) in [7, 11) is 0. The number of amides is 2. The summed E-state index contributed by atoms with van der Waals surface area (Å²) in [6.07, 6.45) is 3.31. The fourth-order valence-electron chi connectivity index (χ4n) is 2.84. The number of aromatic nitrogens is 1. The van der Waals surface area contributed by atoms with E-state index < -0.39 is 4.92 Å². The highest BCUT2D eigenvalue weighted by Gasteiger charge is 2.10. The minimum Gasteiger partial charge on any atom is -0.397 e. The second-order valence-electron chi connectivity index (χ2n) is 6.83. The molecule has 0 aliphatic carbocycles. The van der Waals surface area contributed by atoms with Gasteiger partial charge in [0.1, 0.15) is 0 Å². The second-order valence-corrected chi connectivity index (χ2v) is 6.83. The minimum atomic E-state index is -0.475. The fourth-order valence-corrected chi connectivity index (χ4v) is 2.84. The van der Waals surface area contributed by atoms with Crippen molar-refractivity contribution in [1.29, 1.82) is 0 Å². The number of nitro groups is 1. The van der Waals surface area contributed by atoms with Crippen molar-refractivity contribution in [2.75, 3.05) is 5.73 Å². The van der Waals surface area contributed by atoms with Crippen molar-refractivity contribution in [3.8, 4) is 0 Å². The van der Waals surface area contributed by atoms with Gasteiger partial charge in [-0.3, -0.25) is 19.9 Å². The molecule has 3 rings (SSSR count). The van der Waals surface area contributed by atoms with Gasteiger partial charge in [-0.1, -0.05) is 36.4 Å². The van der Waals surface area contributed by atoms with Gasteiger partial charge in [-0.05, 0) is 22.8 Å². The van der Waals surface area contributed by atoms with Gasteiger partial charge in [-0.15, -0.1) is 0 Å². The van der Waals surface area contributed by atoms with E-state index >= 15 is 0 Å². The molecule has 4 N–H and O–H groups in total. The number of carbonyl (C=O) groups excluding carboxylic acids is 2. The first kappa shape index (κ1) is 21.4. The molecule has 9 heteroatoms. The second kappa shape index (κ2) is 9.97. The molecular weight excluding hydrogens is 398 g/mol. The van der Waals surface area contributed by atoms with Gasteiger partial charge in [0.2, 0.25) is 0 Å². The number of ketones is 1. The summed E-state index contributed by atoms with van der Waals surface area (Å²) in [4.78, 5) is 38.5. The first-order valence-electron chi connectivity index (χ1n) is 9.48. The largest absolute Gasteiger partial charge is 0.397 e. The van der Waals surface area contributed by atoms with Crippen LogP contribution in [0.15, 0.2) is 67.0 Å². The molecule has 31 heavy (non-hydrogen) atoms. The number of urea groups is 1. The lowest BCUT2D eigenvalue weighted by atomic mass is 10.0. The van der Waals surface area contributed by atoms with E-state index in [1.54, 1.807) is 48.7 Å². The summed E-state index contributed by atoms with van der Waals surface area (Å²) in [6, 6.07) is 14.3.